The van der Waals surface area contributed by atoms with Gasteiger partial charge in [-0.15, -0.1) is 0 Å². The second kappa shape index (κ2) is 10.8. The van der Waals surface area contributed by atoms with Crippen molar-refractivity contribution in [2.24, 2.45) is 0 Å². The van der Waals surface area contributed by atoms with Gasteiger partial charge in [0.2, 0.25) is 11.8 Å². The van der Waals surface area contributed by atoms with Crippen molar-refractivity contribution in [1.29, 1.82) is 0 Å². The third-order valence-corrected chi connectivity index (χ3v) is 4.84. The van der Waals surface area contributed by atoms with Crippen molar-refractivity contribution < 1.29 is 14.3 Å². The topological polar surface area (TPSA) is 102 Å². The van der Waals surface area contributed by atoms with E-state index in [2.05, 4.69) is 15.6 Å². The average molecular weight is 407 g/mol. The van der Waals surface area contributed by atoms with E-state index in [0.717, 1.165) is 0 Å². The highest BCUT2D eigenvalue weighted by Crippen LogP contribution is 2.18. The van der Waals surface area contributed by atoms with E-state index in [1.807, 2.05) is 19.9 Å². The molecule has 1 aromatic carbocycles. The van der Waals surface area contributed by atoms with Gasteiger partial charge in [-0.1, -0.05) is 23.9 Å². The highest BCUT2D eigenvalue weighted by molar-refractivity contribution is 7.99. The van der Waals surface area contributed by atoms with Crippen LogP contribution in [-0.4, -0.2) is 53.4 Å². The first kappa shape index (κ1) is 21.9. The largest absolute Gasteiger partial charge is 0.379 e. The van der Waals surface area contributed by atoms with E-state index in [9.17, 15) is 14.4 Å². The summed E-state index contributed by atoms with van der Waals surface area (Å²) in [5, 5.41) is 5.99. The summed E-state index contributed by atoms with van der Waals surface area (Å²) < 4.78 is 7.14. The number of nitrogens with zero attached hydrogens (tertiary/aromatic N) is 2. The molecule has 0 saturated heterocycles. The molecule has 0 unspecified atom stereocenters. The highest BCUT2D eigenvalue weighted by Gasteiger charge is 2.13. The van der Waals surface area contributed by atoms with Gasteiger partial charge in [0, 0.05) is 20.2 Å². The van der Waals surface area contributed by atoms with E-state index in [1.165, 1.54) is 18.8 Å². The fourth-order valence-electron chi connectivity index (χ4n) is 2.45. The summed E-state index contributed by atoms with van der Waals surface area (Å²) in [7, 11) is 1.50. The van der Waals surface area contributed by atoms with Crippen molar-refractivity contribution in [2.75, 3.05) is 26.0 Å². The molecule has 0 bridgehead atoms. The molecular formula is C19H26N4O4S. The van der Waals surface area contributed by atoms with E-state index in [1.54, 1.807) is 22.8 Å². The second-order valence-corrected chi connectivity index (χ2v) is 7.32. The maximum Gasteiger partial charge on any atom is 0.262 e. The van der Waals surface area contributed by atoms with E-state index in [-0.39, 0.29) is 35.8 Å². The van der Waals surface area contributed by atoms with Crippen molar-refractivity contribution in [2.45, 2.75) is 38.1 Å². The van der Waals surface area contributed by atoms with Crippen LogP contribution in [0.1, 0.15) is 20.3 Å². The lowest BCUT2D eigenvalue weighted by Crippen LogP contribution is -2.36. The molecular weight excluding hydrogens is 380 g/mol. The maximum absolute atomic E-state index is 12.9. The van der Waals surface area contributed by atoms with Crippen LogP contribution >= 0.6 is 11.8 Å². The van der Waals surface area contributed by atoms with Crippen LogP contribution in [0.15, 0.2) is 34.2 Å². The monoisotopic (exact) mass is 406 g/mol. The molecule has 0 saturated carbocycles. The first-order valence-corrected chi connectivity index (χ1v) is 10.1. The molecule has 0 aliphatic heterocycles. The number of para-hydroxylation sites is 1. The molecule has 2 rings (SSSR count). The summed E-state index contributed by atoms with van der Waals surface area (Å²) >= 11 is 1.18. The minimum atomic E-state index is -0.300. The number of amides is 2. The fraction of sp³-hybridized carbons (Fsp3) is 0.474. The summed E-state index contributed by atoms with van der Waals surface area (Å²) in [4.78, 5) is 40.7. The number of nitrogens with one attached hydrogen (secondary N) is 2. The van der Waals surface area contributed by atoms with E-state index in [4.69, 9.17) is 4.74 Å². The van der Waals surface area contributed by atoms with Gasteiger partial charge in [0.15, 0.2) is 5.16 Å². The van der Waals surface area contributed by atoms with Crippen LogP contribution in [0.25, 0.3) is 10.9 Å². The van der Waals surface area contributed by atoms with E-state index < -0.39 is 0 Å². The maximum atomic E-state index is 12.9. The van der Waals surface area contributed by atoms with Gasteiger partial charge in [0.05, 0.1) is 29.3 Å². The number of likely N-dealkylation sites (N-methyl/N-ethyl adjacent to an activating group) is 1. The number of benzene rings is 1. The predicted octanol–water partition coefficient (Wildman–Crippen LogP) is 1.17. The number of hydrogen-bond acceptors (Lipinski definition) is 6. The fourth-order valence-corrected chi connectivity index (χ4v) is 3.30. The van der Waals surface area contributed by atoms with E-state index in [0.29, 0.717) is 35.6 Å². The average Bonchev–Trinajstić information content (AvgIpc) is 2.69. The smallest absolute Gasteiger partial charge is 0.262 e. The molecule has 9 heteroatoms. The summed E-state index contributed by atoms with van der Waals surface area (Å²) in [6.07, 6.45) is 0.790. The van der Waals surface area contributed by atoms with Crippen LogP contribution in [0.3, 0.4) is 0 Å². The number of carbonyl (C=O) groups is 2. The Labute approximate surface area is 168 Å². The van der Waals surface area contributed by atoms with Crippen molar-refractivity contribution >= 4 is 34.5 Å². The van der Waals surface area contributed by atoms with Gasteiger partial charge in [-0.3, -0.25) is 19.0 Å². The number of rotatable bonds is 10. The predicted molar refractivity (Wildman–Crippen MR) is 110 cm³/mol. The molecule has 0 atom stereocenters. The Hall–Kier alpha value is -2.39. The van der Waals surface area contributed by atoms with Crippen LogP contribution in [-0.2, 0) is 20.9 Å². The molecule has 0 radical (unpaired) electrons. The van der Waals surface area contributed by atoms with Crippen LogP contribution in [0, 0.1) is 0 Å². The Morgan fingerprint density at radius 3 is 2.71 bits per heavy atom. The van der Waals surface area contributed by atoms with Crippen molar-refractivity contribution in [1.82, 2.24) is 20.2 Å². The Morgan fingerprint density at radius 1 is 1.25 bits per heavy atom. The Morgan fingerprint density at radius 2 is 2.00 bits per heavy atom. The summed E-state index contributed by atoms with van der Waals surface area (Å²) in [6.45, 7) is 4.82. The summed E-state index contributed by atoms with van der Waals surface area (Å²) in [5.41, 5.74) is 0.457. The van der Waals surface area contributed by atoms with Gasteiger partial charge in [0.25, 0.3) is 5.56 Å². The second-order valence-electron chi connectivity index (χ2n) is 6.38. The van der Waals surface area contributed by atoms with Crippen molar-refractivity contribution in [3.63, 3.8) is 0 Å². The molecule has 8 nitrogen and oxygen atoms in total. The lowest BCUT2D eigenvalue weighted by molar-refractivity contribution is -0.124. The van der Waals surface area contributed by atoms with Gasteiger partial charge in [0.1, 0.15) is 0 Å². The Kier molecular flexibility index (Phi) is 8.46. The number of thioether (sulfide) groups is 1. The minimum absolute atomic E-state index is 0.0598. The zero-order chi connectivity index (χ0) is 20.5. The lowest BCUT2D eigenvalue weighted by atomic mass is 10.2. The van der Waals surface area contributed by atoms with Crippen molar-refractivity contribution in [3.05, 3.63) is 34.6 Å². The van der Waals surface area contributed by atoms with Crippen LogP contribution < -0.4 is 16.2 Å². The third kappa shape index (κ3) is 6.35. The summed E-state index contributed by atoms with van der Waals surface area (Å²) in [5.74, 6) is -0.514. The van der Waals surface area contributed by atoms with Gasteiger partial charge in [-0.05, 0) is 32.4 Å². The first-order valence-electron chi connectivity index (χ1n) is 9.13. The third-order valence-electron chi connectivity index (χ3n) is 3.86. The number of aromatic nitrogens is 2. The normalized spacial score (nSPS) is 11.0. The highest BCUT2D eigenvalue weighted by atomic mass is 32.2. The molecule has 0 spiro atoms. The molecule has 28 heavy (non-hydrogen) atoms. The van der Waals surface area contributed by atoms with Gasteiger partial charge in [-0.2, -0.15) is 0 Å². The minimum Gasteiger partial charge on any atom is -0.379 e. The molecule has 2 amide bonds. The SMILES string of the molecule is CNC(=O)CNC(=O)CSc1nc2ccccc2c(=O)n1CCCOC(C)C. The number of carbonyl (C=O) groups excluding carboxylic acids is 2. The van der Waals surface area contributed by atoms with Crippen LogP contribution in [0.5, 0.6) is 0 Å². The molecule has 1 heterocycles. The van der Waals surface area contributed by atoms with Gasteiger partial charge < -0.3 is 15.4 Å². The quantitative estimate of drug-likeness (QED) is 0.349. The molecule has 2 aromatic rings. The Bertz CT molecular complexity index is 882. The standard InChI is InChI=1S/C19H26N4O4S/c1-13(2)27-10-6-9-23-18(26)14-7-4-5-8-15(14)22-19(23)28-12-17(25)21-11-16(24)20-3/h4-5,7-8,13H,6,9-12H2,1-3H3,(H,20,24)(H,21,25). The number of hydrogen-bond donors (Lipinski definition) is 2. The Balaban J connectivity index is 2.14. The molecule has 0 aliphatic carbocycles. The molecule has 1 aromatic heterocycles. The van der Waals surface area contributed by atoms with Crippen molar-refractivity contribution in [3.8, 4) is 0 Å². The van der Waals surface area contributed by atoms with Crippen LogP contribution in [0.4, 0.5) is 0 Å². The number of ether oxygens (including phenoxy) is 1. The van der Waals surface area contributed by atoms with Gasteiger partial charge in [-0.25, -0.2) is 4.98 Å². The first-order chi connectivity index (χ1) is 13.4. The zero-order valence-corrected chi connectivity index (χ0v) is 17.2. The zero-order valence-electron chi connectivity index (χ0n) is 16.4. The molecule has 0 aliphatic rings. The molecule has 0 fully saturated rings. The van der Waals surface area contributed by atoms with Crippen LogP contribution in [0.2, 0.25) is 0 Å². The van der Waals surface area contributed by atoms with E-state index >= 15 is 0 Å². The number of fused-ring (bicyclic) bond motifs is 1. The molecule has 2 N–H and O–H groups in total. The summed E-state index contributed by atoms with van der Waals surface area (Å²) in [6, 6.07) is 7.14. The van der Waals surface area contributed by atoms with Gasteiger partial charge >= 0.3 is 0 Å². The molecule has 152 valence electrons. The lowest BCUT2D eigenvalue weighted by Gasteiger charge is -2.14.